The molecule has 16 heavy (non-hydrogen) atoms. The summed E-state index contributed by atoms with van der Waals surface area (Å²) in [5.41, 5.74) is 1.12. The fraction of sp³-hybridized carbons (Fsp3) is 0.583. The first-order chi connectivity index (χ1) is 7.72. The van der Waals surface area contributed by atoms with Crippen LogP contribution in [0.3, 0.4) is 0 Å². The van der Waals surface area contributed by atoms with E-state index in [1.165, 1.54) is 13.0 Å². The standard InChI is InChI=1S/C12H17N3O/c1-9-2-5-15(6-9)12(16)13-11-8-14-4-3-10(11)7-14/h2,5-6,10-11H,3-4,7-8H2,1H3,(H,13,16)/t10-,11?/m0/s1. The van der Waals surface area contributed by atoms with E-state index in [-0.39, 0.29) is 6.03 Å². The summed E-state index contributed by atoms with van der Waals surface area (Å²) in [7, 11) is 0. The third-order valence-corrected chi connectivity index (χ3v) is 3.72. The number of amides is 1. The number of hydrogen-bond acceptors (Lipinski definition) is 2. The lowest BCUT2D eigenvalue weighted by atomic mass is 10.0. The number of aryl methyl sites for hydroxylation is 1. The fourth-order valence-corrected chi connectivity index (χ4v) is 2.81. The Hall–Kier alpha value is -1.29. The van der Waals surface area contributed by atoms with Gasteiger partial charge in [-0.2, -0.15) is 0 Å². The highest BCUT2D eigenvalue weighted by atomic mass is 16.2. The first-order valence-electron chi connectivity index (χ1n) is 5.90. The number of hydrogen-bond donors (Lipinski definition) is 1. The molecule has 2 saturated heterocycles. The largest absolute Gasteiger partial charge is 0.333 e. The summed E-state index contributed by atoms with van der Waals surface area (Å²) < 4.78 is 1.64. The minimum Gasteiger partial charge on any atom is -0.333 e. The molecule has 3 atom stereocenters. The Morgan fingerprint density at radius 2 is 2.38 bits per heavy atom. The first-order valence-corrected chi connectivity index (χ1v) is 5.90. The highest BCUT2D eigenvalue weighted by molar-refractivity contribution is 5.77. The Bertz CT molecular complexity index is 412. The van der Waals surface area contributed by atoms with Crippen LogP contribution in [0.4, 0.5) is 4.79 Å². The van der Waals surface area contributed by atoms with E-state index < -0.39 is 0 Å². The van der Waals surface area contributed by atoms with Crippen molar-refractivity contribution in [2.75, 3.05) is 19.6 Å². The molecule has 1 N–H and O–H groups in total. The quantitative estimate of drug-likeness (QED) is 0.767. The van der Waals surface area contributed by atoms with Crippen LogP contribution in [0.25, 0.3) is 0 Å². The number of nitrogens with zero attached hydrogens (tertiary/aromatic N) is 2. The van der Waals surface area contributed by atoms with Crippen molar-refractivity contribution in [3.63, 3.8) is 0 Å². The van der Waals surface area contributed by atoms with Gasteiger partial charge in [0.2, 0.25) is 0 Å². The number of rotatable bonds is 1. The molecular formula is C12H17N3O. The van der Waals surface area contributed by atoms with E-state index in [0.717, 1.165) is 18.7 Å². The van der Waals surface area contributed by atoms with Crippen molar-refractivity contribution >= 4 is 6.03 Å². The zero-order chi connectivity index (χ0) is 11.1. The molecular weight excluding hydrogens is 202 g/mol. The number of aromatic nitrogens is 1. The van der Waals surface area contributed by atoms with Gasteiger partial charge in [-0.3, -0.25) is 4.57 Å². The molecule has 1 amide bonds. The van der Waals surface area contributed by atoms with Crippen molar-refractivity contribution in [2.24, 2.45) is 5.92 Å². The molecule has 2 unspecified atom stereocenters. The van der Waals surface area contributed by atoms with Gasteiger partial charge in [-0.05, 0) is 37.4 Å². The second kappa shape index (κ2) is 3.63. The van der Waals surface area contributed by atoms with Gasteiger partial charge in [-0.1, -0.05) is 0 Å². The summed E-state index contributed by atoms with van der Waals surface area (Å²) in [5.74, 6) is 0.667. The maximum Gasteiger partial charge on any atom is 0.325 e. The SMILES string of the molecule is Cc1ccn(C(=O)NC2CN3CC[C@H]2C3)c1. The van der Waals surface area contributed by atoms with Crippen LogP contribution in [0, 0.1) is 12.8 Å². The van der Waals surface area contributed by atoms with Crippen LogP contribution in [-0.4, -0.2) is 41.2 Å². The van der Waals surface area contributed by atoms with Crippen LogP contribution in [0.1, 0.15) is 12.0 Å². The topological polar surface area (TPSA) is 37.3 Å². The van der Waals surface area contributed by atoms with E-state index in [2.05, 4.69) is 10.2 Å². The minimum atomic E-state index is 0.00634. The lowest BCUT2D eigenvalue weighted by molar-refractivity contribution is 0.231. The highest BCUT2D eigenvalue weighted by Gasteiger charge is 2.38. The van der Waals surface area contributed by atoms with E-state index in [9.17, 15) is 4.79 Å². The van der Waals surface area contributed by atoms with Crippen LogP contribution in [0.15, 0.2) is 18.5 Å². The second-order valence-corrected chi connectivity index (χ2v) is 4.96. The van der Waals surface area contributed by atoms with Gasteiger partial charge in [0, 0.05) is 31.5 Å². The molecule has 2 aliphatic rings. The van der Waals surface area contributed by atoms with Crippen molar-refractivity contribution in [2.45, 2.75) is 19.4 Å². The van der Waals surface area contributed by atoms with Gasteiger partial charge in [0.15, 0.2) is 0 Å². The number of carbonyl (C=O) groups is 1. The average Bonchev–Trinajstić information content (AvgIpc) is 2.92. The van der Waals surface area contributed by atoms with E-state index in [1.807, 2.05) is 25.4 Å². The van der Waals surface area contributed by atoms with Gasteiger partial charge < -0.3 is 10.2 Å². The van der Waals surface area contributed by atoms with Crippen LogP contribution in [0.5, 0.6) is 0 Å². The molecule has 2 fully saturated rings. The first kappa shape index (κ1) is 9.90. The molecule has 4 heteroatoms. The van der Waals surface area contributed by atoms with Crippen molar-refractivity contribution < 1.29 is 4.79 Å². The fourth-order valence-electron chi connectivity index (χ4n) is 2.81. The van der Waals surface area contributed by atoms with Crippen molar-refractivity contribution in [3.8, 4) is 0 Å². The van der Waals surface area contributed by atoms with Crippen LogP contribution >= 0.6 is 0 Å². The van der Waals surface area contributed by atoms with Gasteiger partial charge >= 0.3 is 6.03 Å². The zero-order valence-corrected chi connectivity index (χ0v) is 9.52. The summed E-state index contributed by atoms with van der Waals surface area (Å²) >= 11 is 0. The molecule has 3 rings (SSSR count). The Morgan fingerprint density at radius 1 is 1.50 bits per heavy atom. The molecule has 86 valence electrons. The molecule has 0 saturated carbocycles. The van der Waals surface area contributed by atoms with E-state index in [0.29, 0.717) is 12.0 Å². The van der Waals surface area contributed by atoms with Gasteiger partial charge in [0.05, 0.1) is 0 Å². The molecule has 0 spiro atoms. The van der Waals surface area contributed by atoms with E-state index >= 15 is 0 Å². The van der Waals surface area contributed by atoms with Crippen LogP contribution in [-0.2, 0) is 0 Å². The molecule has 2 aliphatic heterocycles. The second-order valence-electron chi connectivity index (χ2n) is 4.96. The molecule has 2 bridgehead atoms. The summed E-state index contributed by atoms with van der Waals surface area (Å²) in [6.45, 7) is 5.39. The van der Waals surface area contributed by atoms with Gasteiger partial charge in [-0.15, -0.1) is 0 Å². The molecule has 0 aromatic carbocycles. The molecule has 0 aliphatic carbocycles. The van der Waals surface area contributed by atoms with Gasteiger partial charge in [0.1, 0.15) is 0 Å². The normalized spacial score (nSPS) is 31.9. The molecule has 1 aromatic rings. The van der Waals surface area contributed by atoms with Crippen molar-refractivity contribution in [1.29, 1.82) is 0 Å². The monoisotopic (exact) mass is 219 g/mol. The van der Waals surface area contributed by atoms with E-state index in [1.54, 1.807) is 4.57 Å². The number of nitrogens with one attached hydrogen (secondary N) is 1. The number of piperidine rings is 1. The summed E-state index contributed by atoms with van der Waals surface area (Å²) in [5, 5.41) is 3.12. The summed E-state index contributed by atoms with van der Waals surface area (Å²) in [6.07, 6.45) is 4.91. The predicted octanol–water partition coefficient (Wildman–Crippen LogP) is 1.06. The van der Waals surface area contributed by atoms with Crippen LogP contribution in [0.2, 0.25) is 0 Å². The number of carbonyl (C=O) groups excluding carboxylic acids is 1. The Labute approximate surface area is 95.2 Å². The Morgan fingerprint density at radius 3 is 2.94 bits per heavy atom. The zero-order valence-electron chi connectivity index (χ0n) is 9.52. The van der Waals surface area contributed by atoms with Crippen LogP contribution < -0.4 is 5.32 Å². The van der Waals surface area contributed by atoms with Gasteiger partial charge in [0.25, 0.3) is 0 Å². The van der Waals surface area contributed by atoms with Gasteiger partial charge in [-0.25, -0.2) is 4.79 Å². The lowest BCUT2D eigenvalue weighted by Gasteiger charge is -2.23. The highest BCUT2D eigenvalue weighted by Crippen LogP contribution is 2.27. The third-order valence-electron chi connectivity index (χ3n) is 3.72. The Kier molecular flexibility index (Phi) is 2.24. The minimum absolute atomic E-state index is 0.00634. The third kappa shape index (κ3) is 1.63. The Balaban J connectivity index is 1.65. The van der Waals surface area contributed by atoms with E-state index in [4.69, 9.17) is 0 Å². The molecule has 4 nitrogen and oxygen atoms in total. The summed E-state index contributed by atoms with van der Waals surface area (Å²) in [6, 6.07) is 2.31. The number of fused-ring (bicyclic) bond motifs is 2. The maximum atomic E-state index is 11.9. The maximum absolute atomic E-state index is 11.9. The molecule has 3 heterocycles. The molecule has 1 aromatic heterocycles. The smallest absolute Gasteiger partial charge is 0.325 e. The molecule has 0 radical (unpaired) electrons. The summed E-state index contributed by atoms with van der Waals surface area (Å²) in [4.78, 5) is 14.4. The predicted molar refractivity (Wildman–Crippen MR) is 61.4 cm³/mol. The van der Waals surface area contributed by atoms with Crippen molar-refractivity contribution in [1.82, 2.24) is 14.8 Å². The van der Waals surface area contributed by atoms with Crippen molar-refractivity contribution in [3.05, 3.63) is 24.0 Å². The lowest BCUT2D eigenvalue weighted by Crippen LogP contribution is -2.44. The average molecular weight is 219 g/mol.